The first-order chi connectivity index (χ1) is 5.68. The van der Waals surface area contributed by atoms with Crippen LogP contribution in [-0.2, 0) is 0 Å². The van der Waals surface area contributed by atoms with Gasteiger partial charge in [0.05, 0.1) is 10.7 Å². The van der Waals surface area contributed by atoms with E-state index in [9.17, 15) is 4.79 Å². The van der Waals surface area contributed by atoms with Crippen LogP contribution in [0.2, 0.25) is 0 Å². The summed E-state index contributed by atoms with van der Waals surface area (Å²) in [6, 6.07) is 0. The Morgan fingerprint density at radius 1 is 1.42 bits per heavy atom. The van der Waals surface area contributed by atoms with Crippen LogP contribution in [0.25, 0.3) is 10.2 Å². The number of aryl methyl sites for hydroxylation is 2. The molecule has 0 unspecified atom stereocenters. The molecule has 1 N–H and O–H groups in total. The summed E-state index contributed by atoms with van der Waals surface area (Å²) in [6.07, 6.45) is 0. The minimum Gasteiger partial charge on any atom is -0.266 e. The maximum Gasteiger partial charge on any atom is 0.283 e. The lowest BCUT2D eigenvalue weighted by atomic mass is 10.4. The summed E-state index contributed by atoms with van der Waals surface area (Å²) < 4.78 is 0.667. The summed E-state index contributed by atoms with van der Waals surface area (Å²) in [4.78, 5) is 15.4. The van der Waals surface area contributed by atoms with E-state index in [-0.39, 0.29) is 5.56 Å². The molecule has 62 valence electrons. The van der Waals surface area contributed by atoms with E-state index in [2.05, 4.69) is 15.2 Å². The van der Waals surface area contributed by atoms with Crippen LogP contribution in [0, 0.1) is 13.8 Å². The van der Waals surface area contributed by atoms with Gasteiger partial charge in [-0.25, -0.2) is 10.1 Å². The number of fused-ring (bicyclic) bond motifs is 1. The largest absolute Gasteiger partial charge is 0.283 e. The molecule has 0 radical (unpaired) electrons. The van der Waals surface area contributed by atoms with Crippen LogP contribution in [0.15, 0.2) is 4.79 Å². The number of thiazole rings is 1. The monoisotopic (exact) mass is 181 g/mol. The first kappa shape index (κ1) is 7.42. The van der Waals surface area contributed by atoms with Crippen molar-refractivity contribution in [2.45, 2.75) is 13.8 Å². The molecule has 4 nitrogen and oxygen atoms in total. The molecule has 0 aliphatic carbocycles. The molecule has 0 saturated carbocycles. The molecule has 0 saturated heterocycles. The highest BCUT2D eigenvalue weighted by atomic mass is 32.1. The Morgan fingerprint density at radius 2 is 2.17 bits per heavy atom. The molecule has 0 aliphatic rings. The van der Waals surface area contributed by atoms with E-state index in [4.69, 9.17) is 0 Å². The Labute approximate surface area is 72.3 Å². The van der Waals surface area contributed by atoms with Gasteiger partial charge in [-0.1, -0.05) is 0 Å². The lowest BCUT2D eigenvalue weighted by Crippen LogP contribution is -2.07. The number of H-pyrrole nitrogens is 1. The SMILES string of the molecule is Cc1nc2c(C)n[nH]c(=O)c2s1. The molecule has 2 aromatic heterocycles. The molecule has 2 heterocycles. The van der Waals surface area contributed by atoms with Crippen LogP contribution in [0.4, 0.5) is 0 Å². The standard InChI is InChI=1S/C7H7N3OS/c1-3-5-6(7(11)10-9-3)12-4(2)8-5/h1-2H3,(H,10,11). The van der Waals surface area contributed by atoms with E-state index < -0.39 is 0 Å². The normalized spacial score (nSPS) is 10.8. The summed E-state index contributed by atoms with van der Waals surface area (Å²) in [5.41, 5.74) is 1.34. The third kappa shape index (κ3) is 0.937. The second-order valence-corrected chi connectivity index (χ2v) is 3.75. The molecular weight excluding hydrogens is 174 g/mol. The Kier molecular flexibility index (Phi) is 1.47. The number of aromatic amines is 1. The van der Waals surface area contributed by atoms with Crippen LogP contribution < -0.4 is 5.56 Å². The minimum absolute atomic E-state index is 0.152. The van der Waals surface area contributed by atoms with Crippen molar-refractivity contribution in [3.63, 3.8) is 0 Å². The van der Waals surface area contributed by atoms with Gasteiger partial charge in [-0.2, -0.15) is 5.10 Å². The van der Waals surface area contributed by atoms with Crippen LogP contribution in [0.1, 0.15) is 10.7 Å². The number of hydrogen-bond donors (Lipinski definition) is 1. The predicted molar refractivity (Wildman–Crippen MR) is 47.5 cm³/mol. The second kappa shape index (κ2) is 2.38. The third-order valence-electron chi connectivity index (χ3n) is 1.61. The van der Waals surface area contributed by atoms with Crippen molar-refractivity contribution >= 4 is 21.6 Å². The van der Waals surface area contributed by atoms with Gasteiger partial charge >= 0.3 is 0 Å². The predicted octanol–water partition coefficient (Wildman–Crippen LogP) is 0.996. The van der Waals surface area contributed by atoms with Crippen molar-refractivity contribution in [2.75, 3.05) is 0 Å². The fourth-order valence-electron chi connectivity index (χ4n) is 1.06. The van der Waals surface area contributed by atoms with Gasteiger partial charge in [0, 0.05) is 0 Å². The van der Waals surface area contributed by atoms with Crippen LogP contribution >= 0.6 is 11.3 Å². The Hall–Kier alpha value is -1.23. The average molecular weight is 181 g/mol. The zero-order valence-electron chi connectivity index (χ0n) is 6.71. The van der Waals surface area contributed by atoms with Crippen molar-refractivity contribution in [1.29, 1.82) is 0 Å². The molecule has 0 aliphatic heterocycles. The Bertz CT molecular complexity index is 485. The molecule has 2 rings (SSSR count). The molecule has 0 atom stereocenters. The van der Waals surface area contributed by atoms with Crippen molar-refractivity contribution < 1.29 is 0 Å². The second-order valence-electron chi connectivity index (χ2n) is 2.55. The molecule has 0 spiro atoms. The maximum atomic E-state index is 11.2. The Morgan fingerprint density at radius 3 is 2.83 bits per heavy atom. The fourth-order valence-corrected chi connectivity index (χ4v) is 1.93. The summed E-state index contributed by atoms with van der Waals surface area (Å²) in [7, 11) is 0. The lowest BCUT2D eigenvalue weighted by molar-refractivity contribution is 0.967. The zero-order valence-corrected chi connectivity index (χ0v) is 7.53. The van der Waals surface area contributed by atoms with Gasteiger partial charge in [-0.3, -0.25) is 4.79 Å². The molecule has 0 bridgehead atoms. The van der Waals surface area contributed by atoms with Gasteiger partial charge in [0.15, 0.2) is 0 Å². The maximum absolute atomic E-state index is 11.2. The number of hydrogen-bond acceptors (Lipinski definition) is 4. The first-order valence-electron chi connectivity index (χ1n) is 3.51. The van der Waals surface area contributed by atoms with E-state index in [1.165, 1.54) is 11.3 Å². The van der Waals surface area contributed by atoms with E-state index in [0.717, 1.165) is 16.2 Å². The van der Waals surface area contributed by atoms with Crippen molar-refractivity contribution in [2.24, 2.45) is 0 Å². The number of nitrogens with one attached hydrogen (secondary N) is 1. The molecule has 0 fully saturated rings. The molecule has 2 aromatic rings. The Balaban J connectivity index is 3.03. The fraction of sp³-hybridized carbons (Fsp3) is 0.286. The average Bonchev–Trinajstić information content (AvgIpc) is 2.41. The van der Waals surface area contributed by atoms with E-state index in [1.54, 1.807) is 0 Å². The van der Waals surface area contributed by atoms with Crippen LogP contribution in [0.3, 0.4) is 0 Å². The minimum atomic E-state index is -0.152. The third-order valence-corrected chi connectivity index (χ3v) is 2.58. The highest BCUT2D eigenvalue weighted by Gasteiger charge is 2.07. The van der Waals surface area contributed by atoms with E-state index >= 15 is 0 Å². The van der Waals surface area contributed by atoms with Gasteiger partial charge in [-0.15, -0.1) is 11.3 Å². The molecule has 12 heavy (non-hydrogen) atoms. The van der Waals surface area contributed by atoms with E-state index in [1.807, 2.05) is 13.8 Å². The number of aromatic nitrogens is 3. The summed E-state index contributed by atoms with van der Waals surface area (Å²) >= 11 is 1.40. The summed E-state index contributed by atoms with van der Waals surface area (Å²) in [6.45, 7) is 3.71. The molecule has 0 amide bonds. The van der Waals surface area contributed by atoms with Gasteiger partial charge in [-0.05, 0) is 13.8 Å². The van der Waals surface area contributed by atoms with Gasteiger partial charge < -0.3 is 0 Å². The van der Waals surface area contributed by atoms with E-state index in [0.29, 0.717) is 4.70 Å². The van der Waals surface area contributed by atoms with Crippen molar-refractivity contribution in [1.82, 2.24) is 15.2 Å². The molecule has 5 heteroatoms. The van der Waals surface area contributed by atoms with Crippen LogP contribution in [0.5, 0.6) is 0 Å². The lowest BCUT2D eigenvalue weighted by Gasteiger charge is -1.89. The van der Waals surface area contributed by atoms with Gasteiger partial charge in [0.25, 0.3) is 5.56 Å². The quantitative estimate of drug-likeness (QED) is 0.659. The number of rotatable bonds is 0. The van der Waals surface area contributed by atoms with Crippen molar-refractivity contribution in [3.8, 4) is 0 Å². The van der Waals surface area contributed by atoms with Crippen molar-refractivity contribution in [3.05, 3.63) is 21.1 Å². The molecule has 0 aromatic carbocycles. The summed E-state index contributed by atoms with van der Waals surface area (Å²) in [5.74, 6) is 0. The highest BCUT2D eigenvalue weighted by Crippen LogP contribution is 2.18. The zero-order chi connectivity index (χ0) is 8.72. The topological polar surface area (TPSA) is 58.6 Å². The number of nitrogens with zero attached hydrogens (tertiary/aromatic N) is 2. The smallest absolute Gasteiger partial charge is 0.266 e. The summed E-state index contributed by atoms with van der Waals surface area (Å²) in [5, 5.41) is 7.14. The molecular formula is C7H7N3OS. The van der Waals surface area contributed by atoms with Crippen LogP contribution in [-0.4, -0.2) is 15.2 Å². The van der Waals surface area contributed by atoms with Gasteiger partial charge in [0.1, 0.15) is 10.2 Å². The van der Waals surface area contributed by atoms with Gasteiger partial charge in [0.2, 0.25) is 0 Å². The first-order valence-corrected chi connectivity index (χ1v) is 4.32. The highest BCUT2D eigenvalue weighted by molar-refractivity contribution is 7.18.